The molecule has 2 aromatic carbocycles. The summed E-state index contributed by atoms with van der Waals surface area (Å²) in [6.07, 6.45) is 2.62. The van der Waals surface area contributed by atoms with Crippen LogP contribution in [0.4, 0.5) is 4.39 Å². The minimum absolute atomic E-state index is 0.0850. The lowest BCUT2D eigenvalue weighted by molar-refractivity contribution is -0.139. The quantitative estimate of drug-likeness (QED) is 0.552. The van der Waals surface area contributed by atoms with Crippen LogP contribution in [0.3, 0.4) is 0 Å². The third-order valence-electron chi connectivity index (χ3n) is 5.85. The van der Waals surface area contributed by atoms with E-state index in [-0.39, 0.29) is 24.0 Å². The zero-order valence-electron chi connectivity index (χ0n) is 19.3. The number of aryl methyl sites for hydroxylation is 1. The monoisotopic (exact) mass is 491 g/mol. The Bertz CT molecular complexity index is 1140. The molecule has 3 rings (SSSR count). The van der Waals surface area contributed by atoms with Crippen LogP contribution in [0.1, 0.15) is 36.8 Å². The predicted molar refractivity (Wildman–Crippen MR) is 125 cm³/mol. The van der Waals surface area contributed by atoms with Crippen molar-refractivity contribution in [2.75, 3.05) is 20.2 Å². The van der Waals surface area contributed by atoms with E-state index in [1.807, 2.05) is 6.07 Å². The zero-order valence-corrected chi connectivity index (χ0v) is 20.2. The molecule has 184 valence electrons. The second-order valence-electron chi connectivity index (χ2n) is 8.25. The average Bonchev–Trinajstić information content (AvgIpc) is 2.82. The number of nitrogens with zero attached hydrogens (tertiary/aromatic N) is 1. The van der Waals surface area contributed by atoms with Gasteiger partial charge in [0.15, 0.2) is 0 Å². The Balaban J connectivity index is 1.54. The van der Waals surface area contributed by atoms with Crippen molar-refractivity contribution in [3.8, 4) is 5.75 Å². The number of benzene rings is 2. The van der Waals surface area contributed by atoms with Gasteiger partial charge in [0, 0.05) is 25.7 Å². The van der Waals surface area contributed by atoms with Crippen molar-refractivity contribution in [1.29, 1.82) is 0 Å². The van der Waals surface area contributed by atoms with Crippen molar-refractivity contribution in [2.24, 2.45) is 0 Å². The fourth-order valence-corrected chi connectivity index (χ4v) is 6.02. The molecule has 34 heavy (non-hydrogen) atoms. The van der Waals surface area contributed by atoms with Crippen molar-refractivity contribution in [2.45, 2.75) is 50.1 Å². The average molecular weight is 492 g/mol. The second kappa shape index (κ2) is 11.4. The van der Waals surface area contributed by atoms with E-state index in [9.17, 15) is 22.4 Å². The number of nitrogens with one attached hydrogen (secondary N) is 2. The number of sulfonamides is 1. The first-order valence-corrected chi connectivity index (χ1v) is 12.6. The number of amides is 2. The van der Waals surface area contributed by atoms with E-state index in [1.54, 1.807) is 32.2 Å². The third-order valence-corrected chi connectivity index (χ3v) is 7.97. The summed E-state index contributed by atoms with van der Waals surface area (Å²) in [6, 6.07) is 10.5. The van der Waals surface area contributed by atoms with E-state index < -0.39 is 27.7 Å². The van der Waals surface area contributed by atoms with E-state index >= 15 is 0 Å². The van der Waals surface area contributed by atoms with Crippen LogP contribution in [0.15, 0.2) is 47.4 Å². The molecular formula is C24H30FN3O5S. The minimum Gasteiger partial charge on any atom is -0.497 e. The van der Waals surface area contributed by atoms with Gasteiger partial charge in [0.05, 0.1) is 12.0 Å². The largest absolute Gasteiger partial charge is 0.497 e. The highest BCUT2D eigenvalue weighted by Crippen LogP contribution is 2.28. The van der Waals surface area contributed by atoms with Gasteiger partial charge in [0.2, 0.25) is 10.0 Å². The summed E-state index contributed by atoms with van der Waals surface area (Å²) >= 11 is 0. The van der Waals surface area contributed by atoms with Gasteiger partial charge in [-0.1, -0.05) is 18.6 Å². The molecule has 2 aromatic rings. The number of rotatable bonds is 8. The van der Waals surface area contributed by atoms with Crippen molar-refractivity contribution < 1.29 is 27.1 Å². The number of methoxy groups -OCH3 is 1. The maximum absolute atomic E-state index is 13.5. The highest BCUT2D eigenvalue weighted by molar-refractivity contribution is 7.89. The number of carbonyl (C=O) groups is 2. The Morgan fingerprint density at radius 3 is 2.62 bits per heavy atom. The topological polar surface area (TPSA) is 105 Å². The molecule has 10 heteroatoms. The third kappa shape index (κ3) is 6.32. The zero-order chi connectivity index (χ0) is 24.7. The number of halogens is 1. The molecule has 1 aliphatic rings. The lowest BCUT2D eigenvalue weighted by Gasteiger charge is -2.35. The Kier molecular flexibility index (Phi) is 8.62. The molecule has 0 saturated carbocycles. The smallest absolute Gasteiger partial charge is 0.309 e. The Morgan fingerprint density at radius 1 is 1.12 bits per heavy atom. The van der Waals surface area contributed by atoms with Gasteiger partial charge in [0.1, 0.15) is 11.6 Å². The van der Waals surface area contributed by atoms with Crippen LogP contribution in [0.2, 0.25) is 0 Å². The summed E-state index contributed by atoms with van der Waals surface area (Å²) in [5.41, 5.74) is 1.14. The highest BCUT2D eigenvalue weighted by Gasteiger charge is 2.34. The van der Waals surface area contributed by atoms with E-state index in [4.69, 9.17) is 4.74 Å². The summed E-state index contributed by atoms with van der Waals surface area (Å²) in [5.74, 6) is -1.38. The van der Waals surface area contributed by atoms with Gasteiger partial charge >= 0.3 is 11.8 Å². The van der Waals surface area contributed by atoms with Crippen LogP contribution in [-0.2, 0) is 26.2 Å². The van der Waals surface area contributed by atoms with Gasteiger partial charge in [-0.25, -0.2) is 12.8 Å². The van der Waals surface area contributed by atoms with Crippen molar-refractivity contribution >= 4 is 21.8 Å². The molecule has 8 nitrogen and oxygen atoms in total. The van der Waals surface area contributed by atoms with Gasteiger partial charge < -0.3 is 15.4 Å². The minimum atomic E-state index is -3.81. The number of ether oxygens (including phenoxy) is 1. The summed E-state index contributed by atoms with van der Waals surface area (Å²) < 4.78 is 46.5. The SMILES string of the molecule is COc1cccc(CNC(=O)C(=O)NCC[C@@H]2CCCCN2S(=O)(=O)c2ccc(F)cc2C)c1. The van der Waals surface area contributed by atoms with Gasteiger partial charge in [-0.05, 0) is 67.6 Å². The summed E-state index contributed by atoms with van der Waals surface area (Å²) in [6.45, 7) is 2.26. The van der Waals surface area contributed by atoms with Crippen LogP contribution in [0, 0.1) is 12.7 Å². The van der Waals surface area contributed by atoms with Crippen LogP contribution >= 0.6 is 0 Å². The summed E-state index contributed by atoms with van der Waals surface area (Å²) in [4.78, 5) is 24.4. The first-order valence-electron chi connectivity index (χ1n) is 11.2. The number of hydrogen-bond donors (Lipinski definition) is 2. The fourth-order valence-electron chi connectivity index (χ4n) is 4.09. The molecule has 2 N–H and O–H groups in total. The molecule has 2 amide bonds. The number of hydrogen-bond acceptors (Lipinski definition) is 5. The van der Waals surface area contributed by atoms with Crippen molar-refractivity contribution in [3.05, 3.63) is 59.4 Å². The first-order chi connectivity index (χ1) is 16.2. The van der Waals surface area contributed by atoms with Crippen LogP contribution < -0.4 is 15.4 Å². The maximum atomic E-state index is 13.5. The Morgan fingerprint density at radius 2 is 1.88 bits per heavy atom. The van der Waals surface area contributed by atoms with E-state index in [0.29, 0.717) is 30.7 Å². The fraction of sp³-hybridized carbons (Fsp3) is 0.417. The molecule has 0 spiro atoms. The normalized spacial score (nSPS) is 16.6. The van der Waals surface area contributed by atoms with E-state index in [1.165, 1.54) is 16.4 Å². The number of carbonyl (C=O) groups excluding carboxylic acids is 2. The lowest BCUT2D eigenvalue weighted by atomic mass is 10.0. The molecular weight excluding hydrogens is 461 g/mol. The standard InChI is InChI=1S/C24H30FN3O5S/c1-17-14-19(25)9-10-22(17)34(31,32)28-13-4-3-7-20(28)11-12-26-23(29)24(30)27-16-18-6-5-8-21(15-18)33-2/h5-6,8-10,14-15,20H,3-4,7,11-13,16H2,1-2H3,(H,26,29)(H,27,30)/t20-/m0/s1. The van der Waals surface area contributed by atoms with E-state index in [0.717, 1.165) is 24.5 Å². The molecule has 0 bridgehead atoms. The molecule has 0 radical (unpaired) electrons. The Hall–Kier alpha value is -2.98. The van der Waals surface area contributed by atoms with Gasteiger partial charge in [-0.15, -0.1) is 0 Å². The number of piperidine rings is 1. The van der Waals surface area contributed by atoms with Crippen LogP contribution in [-0.4, -0.2) is 50.8 Å². The molecule has 1 fully saturated rings. The highest BCUT2D eigenvalue weighted by atomic mass is 32.2. The second-order valence-corrected chi connectivity index (χ2v) is 10.1. The molecule has 0 aromatic heterocycles. The summed E-state index contributed by atoms with van der Waals surface area (Å²) in [7, 11) is -2.26. The predicted octanol–water partition coefficient (Wildman–Crippen LogP) is 2.51. The molecule has 1 saturated heterocycles. The molecule has 0 unspecified atom stereocenters. The van der Waals surface area contributed by atoms with Crippen LogP contribution in [0.25, 0.3) is 0 Å². The summed E-state index contributed by atoms with van der Waals surface area (Å²) in [5, 5.41) is 5.13. The Labute approximate surface area is 199 Å². The van der Waals surface area contributed by atoms with Gasteiger partial charge in [-0.2, -0.15) is 4.31 Å². The van der Waals surface area contributed by atoms with Crippen LogP contribution in [0.5, 0.6) is 5.75 Å². The van der Waals surface area contributed by atoms with Gasteiger partial charge in [0.25, 0.3) is 0 Å². The first kappa shape index (κ1) is 25.6. The molecule has 1 aliphatic heterocycles. The van der Waals surface area contributed by atoms with Crippen molar-refractivity contribution in [3.63, 3.8) is 0 Å². The van der Waals surface area contributed by atoms with E-state index in [2.05, 4.69) is 10.6 Å². The van der Waals surface area contributed by atoms with Gasteiger partial charge in [-0.3, -0.25) is 9.59 Å². The lowest BCUT2D eigenvalue weighted by Crippen LogP contribution is -2.46. The molecule has 0 aliphatic carbocycles. The van der Waals surface area contributed by atoms with Crippen molar-refractivity contribution in [1.82, 2.24) is 14.9 Å². The maximum Gasteiger partial charge on any atom is 0.309 e. The molecule has 1 heterocycles. The molecule has 1 atom stereocenters.